The highest BCUT2D eigenvalue weighted by molar-refractivity contribution is 5.97. The summed E-state index contributed by atoms with van der Waals surface area (Å²) in [5.41, 5.74) is 1.20. The van der Waals surface area contributed by atoms with Gasteiger partial charge in [-0.1, -0.05) is 42.5 Å². The molecular formula is C25H30N2O4. The van der Waals surface area contributed by atoms with Crippen molar-refractivity contribution >= 4 is 11.8 Å². The molecule has 4 rings (SSSR count). The zero-order chi connectivity index (χ0) is 21.8. The highest BCUT2D eigenvalue weighted by Gasteiger charge is 2.48. The van der Waals surface area contributed by atoms with Crippen molar-refractivity contribution in [2.75, 3.05) is 33.3 Å². The minimum absolute atomic E-state index is 0.0673. The molecule has 1 unspecified atom stereocenters. The van der Waals surface area contributed by atoms with Gasteiger partial charge in [0, 0.05) is 33.1 Å². The number of amides is 2. The van der Waals surface area contributed by atoms with Crippen molar-refractivity contribution in [3.63, 3.8) is 0 Å². The number of ether oxygens (including phenoxy) is 1. The Morgan fingerprint density at radius 3 is 2.52 bits per heavy atom. The fourth-order valence-electron chi connectivity index (χ4n) is 4.83. The molecule has 0 bridgehead atoms. The smallest absolute Gasteiger partial charge is 0.257 e. The summed E-state index contributed by atoms with van der Waals surface area (Å²) in [6, 6.07) is 17.5. The number of hydrogen-bond acceptors (Lipinski definition) is 4. The molecule has 1 atom stereocenters. The van der Waals surface area contributed by atoms with Gasteiger partial charge in [0.15, 0.2) is 0 Å². The van der Waals surface area contributed by atoms with Crippen LogP contribution in [0.5, 0.6) is 5.75 Å². The molecule has 0 saturated carbocycles. The van der Waals surface area contributed by atoms with Crippen LogP contribution in [0.2, 0.25) is 0 Å². The molecule has 2 aromatic carbocycles. The van der Waals surface area contributed by atoms with E-state index in [4.69, 9.17) is 4.74 Å². The van der Waals surface area contributed by atoms with Crippen molar-refractivity contribution in [3.8, 4) is 5.75 Å². The molecule has 2 aromatic rings. The van der Waals surface area contributed by atoms with Crippen molar-refractivity contribution in [3.05, 3.63) is 65.7 Å². The summed E-state index contributed by atoms with van der Waals surface area (Å²) in [6.07, 6.45) is 1.92. The van der Waals surface area contributed by atoms with Crippen LogP contribution in [0.25, 0.3) is 0 Å². The molecule has 2 amide bonds. The van der Waals surface area contributed by atoms with Crippen LogP contribution in [-0.4, -0.2) is 66.1 Å². The van der Waals surface area contributed by atoms with E-state index in [0.29, 0.717) is 56.8 Å². The van der Waals surface area contributed by atoms with Gasteiger partial charge in [-0.05, 0) is 37.0 Å². The summed E-state index contributed by atoms with van der Waals surface area (Å²) in [4.78, 5) is 29.4. The number of likely N-dealkylation sites (tertiary alicyclic amines) is 2. The maximum atomic E-state index is 13.2. The maximum absolute atomic E-state index is 13.2. The number of aliphatic hydroxyl groups is 1. The first-order chi connectivity index (χ1) is 15.0. The Labute approximate surface area is 183 Å². The van der Waals surface area contributed by atoms with Crippen LogP contribution in [0.3, 0.4) is 0 Å². The van der Waals surface area contributed by atoms with Crippen molar-refractivity contribution < 1.29 is 19.4 Å². The lowest BCUT2D eigenvalue weighted by molar-refractivity contribution is -0.154. The lowest BCUT2D eigenvalue weighted by Crippen LogP contribution is -2.56. The van der Waals surface area contributed by atoms with Crippen LogP contribution in [0.4, 0.5) is 0 Å². The number of benzene rings is 2. The monoisotopic (exact) mass is 422 g/mol. The van der Waals surface area contributed by atoms with Gasteiger partial charge in [0.2, 0.25) is 5.91 Å². The molecule has 2 heterocycles. The maximum Gasteiger partial charge on any atom is 0.257 e. The van der Waals surface area contributed by atoms with Gasteiger partial charge < -0.3 is 19.6 Å². The normalized spacial score (nSPS) is 20.7. The largest absolute Gasteiger partial charge is 0.492 e. The fourth-order valence-corrected chi connectivity index (χ4v) is 4.83. The van der Waals surface area contributed by atoms with E-state index in [9.17, 15) is 14.7 Å². The van der Waals surface area contributed by atoms with Gasteiger partial charge in [0.25, 0.3) is 5.91 Å². The fraction of sp³-hybridized carbons (Fsp3) is 0.440. The van der Waals surface area contributed by atoms with Crippen molar-refractivity contribution in [1.29, 1.82) is 0 Å². The van der Waals surface area contributed by atoms with Gasteiger partial charge >= 0.3 is 0 Å². The summed E-state index contributed by atoms with van der Waals surface area (Å²) < 4.78 is 5.97. The molecule has 2 aliphatic heterocycles. The molecule has 31 heavy (non-hydrogen) atoms. The van der Waals surface area contributed by atoms with Crippen LogP contribution in [0.1, 0.15) is 35.2 Å². The van der Waals surface area contributed by atoms with E-state index in [1.807, 2.05) is 36.4 Å². The molecule has 6 nitrogen and oxygen atoms in total. The van der Waals surface area contributed by atoms with E-state index in [1.165, 1.54) is 5.56 Å². The Balaban J connectivity index is 1.39. The zero-order valence-electron chi connectivity index (χ0n) is 18.0. The van der Waals surface area contributed by atoms with Gasteiger partial charge in [-0.15, -0.1) is 0 Å². The molecule has 2 aliphatic rings. The molecular weight excluding hydrogens is 392 g/mol. The average Bonchev–Trinajstić information content (AvgIpc) is 2.78. The summed E-state index contributed by atoms with van der Waals surface area (Å²) >= 11 is 0. The molecule has 2 fully saturated rings. The highest BCUT2D eigenvalue weighted by Crippen LogP contribution is 2.41. The number of carbonyl (C=O) groups is 2. The number of rotatable bonds is 5. The number of nitrogens with zero attached hydrogens (tertiary/aromatic N) is 2. The van der Waals surface area contributed by atoms with Gasteiger partial charge in [0.1, 0.15) is 5.75 Å². The Kier molecular flexibility index (Phi) is 6.28. The molecule has 2 saturated heterocycles. The molecule has 1 N–H and O–H groups in total. The quantitative estimate of drug-likeness (QED) is 0.805. The first-order valence-corrected chi connectivity index (χ1v) is 11.0. The standard InChI is InChI=1S/C25H30N2O4/c1-26-18-20(28)17-25(24(26)30)12-14-27(15-13-25)23(29)21-9-5-6-10-22(21)31-16-11-19-7-3-2-4-8-19/h2-10,20,28H,11-18H2,1H3. The number of aliphatic hydroxyl groups excluding tert-OH is 1. The van der Waals surface area contributed by atoms with E-state index in [1.54, 1.807) is 22.9 Å². The first-order valence-electron chi connectivity index (χ1n) is 11.0. The van der Waals surface area contributed by atoms with Gasteiger partial charge in [0.05, 0.1) is 23.7 Å². The lowest BCUT2D eigenvalue weighted by Gasteiger charge is -2.47. The second-order valence-corrected chi connectivity index (χ2v) is 8.70. The molecule has 6 heteroatoms. The number of β-amino-alcohol motifs (C(OH)–C–C–N with tert-alkyl or cyclic N) is 1. The van der Waals surface area contributed by atoms with Gasteiger partial charge in [-0.25, -0.2) is 0 Å². The van der Waals surface area contributed by atoms with Crippen LogP contribution in [0, 0.1) is 5.41 Å². The predicted molar refractivity (Wildman–Crippen MR) is 118 cm³/mol. The number of likely N-dealkylation sites (N-methyl/N-ethyl adjacent to an activating group) is 1. The van der Waals surface area contributed by atoms with E-state index in [-0.39, 0.29) is 11.8 Å². The number of hydrogen-bond donors (Lipinski definition) is 1. The molecule has 0 aromatic heterocycles. The average molecular weight is 423 g/mol. The third-order valence-electron chi connectivity index (χ3n) is 6.53. The summed E-state index contributed by atoms with van der Waals surface area (Å²) in [6.45, 7) is 1.89. The molecule has 164 valence electrons. The summed E-state index contributed by atoms with van der Waals surface area (Å²) in [7, 11) is 1.74. The van der Waals surface area contributed by atoms with Gasteiger partial charge in [-0.3, -0.25) is 9.59 Å². The topological polar surface area (TPSA) is 70.1 Å². The van der Waals surface area contributed by atoms with E-state index < -0.39 is 11.5 Å². The summed E-state index contributed by atoms with van der Waals surface area (Å²) in [5, 5.41) is 10.2. The van der Waals surface area contributed by atoms with Gasteiger partial charge in [-0.2, -0.15) is 0 Å². The van der Waals surface area contributed by atoms with E-state index >= 15 is 0 Å². The number of piperidine rings is 2. The number of carbonyl (C=O) groups excluding carboxylic acids is 2. The second-order valence-electron chi connectivity index (χ2n) is 8.70. The highest BCUT2D eigenvalue weighted by atomic mass is 16.5. The second kappa shape index (κ2) is 9.10. The SMILES string of the molecule is CN1CC(O)CC2(CCN(C(=O)c3ccccc3OCCc3ccccc3)CC2)C1=O. The third kappa shape index (κ3) is 4.59. The Bertz CT molecular complexity index is 922. The van der Waals surface area contributed by atoms with Crippen molar-refractivity contribution in [2.45, 2.75) is 31.8 Å². The van der Waals surface area contributed by atoms with Crippen molar-refractivity contribution in [1.82, 2.24) is 9.80 Å². The lowest BCUT2D eigenvalue weighted by atomic mass is 9.71. The van der Waals surface area contributed by atoms with Crippen LogP contribution in [-0.2, 0) is 11.2 Å². The third-order valence-corrected chi connectivity index (χ3v) is 6.53. The van der Waals surface area contributed by atoms with E-state index in [2.05, 4.69) is 12.1 Å². The first kappa shape index (κ1) is 21.4. The van der Waals surface area contributed by atoms with Crippen LogP contribution >= 0.6 is 0 Å². The number of para-hydroxylation sites is 1. The Hall–Kier alpha value is -2.86. The van der Waals surface area contributed by atoms with Crippen molar-refractivity contribution in [2.24, 2.45) is 5.41 Å². The molecule has 0 radical (unpaired) electrons. The van der Waals surface area contributed by atoms with Crippen LogP contribution in [0.15, 0.2) is 54.6 Å². The minimum atomic E-state index is -0.547. The summed E-state index contributed by atoms with van der Waals surface area (Å²) in [5.74, 6) is 0.615. The van der Waals surface area contributed by atoms with E-state index in [0.717, 1.165) is 6.42 Å². The Morgan fingerprint density at radius 2 is 1.77 bits per heavy atom. The zero-order valence-corrected chi connectivity index (χ0v) is 18.0. The molecule has 0 aliphatic carbocycles. The minimum Gasteiger partial charge on any atom is -0.492 e. The molecule has 1 spiro atoms. The predicted octanol–water partition coefficient (Wildman–Crippen LogP) is 2.75. The van der Waals surface area contributed by atoms with Crippen LogP contribution < -0.4 is 4.74 Å². The Morgan fingerprint density at radius 1 is 1.10 bits per heavy atom.